The number of piperidine rings is 1. The zero-order valence-corrected chi connectivity index (χ0v) is 13.9. The Bertz CT molecular complexity index is 829. The number of fused-ring (bicyclic) bond motifs is 1. The first kappa shape index (κ1) is 14.1. The second kappa shape index (κ2) is 5.95. The Morgan fingerprint density at radius 3 is 2.86 bits per heavy atom. The monoisotopic (exact) mass is 332 g/mol. The van der Waals surface area contributed by atoms with E-state index in [0.717, 1.165) is 33.0 Å². The van der Waals surface area contributed by atoms with Gasteiger partial charge in [0.2, 0.25) is 0 Å². The highest BCUT2D eigenvalue weighted by Crippen LogP contribution is 2.33. The van der Waals surface area contributed by atoms with Crippen LogP contribution in [0, 0.1) is 0 Å². The van der Waals surface area contributed by atoms with Gasteiger partial charge >= 0.3 is 0 Å². The predicted molar refractivity (Wildman–Crippen MR) is 91.8 cm³/mol. The molecule has 0 aliphatic carbocycles. The molecule has 0 bridgehead atoms. The number of aromatic amines is 1. The van der Waals surface area contributed by atoms with Crippen molar-refractivity contribution >= 4 is 32.9 Å². The lowest BCUT2D eigenvalue weighted by Gasteiger charge is -2.22. The predicted octanol–water partition coefficient (Wildman–Crippen LogP) is 2.28. The molecule has 4 heterocycles. The lowest BCUT2D eigenvalue weighted by Crippen LogP contribution is -3.11. The van der Waals surface area contributed by atoms with Crippen LogP contribution < -0.4 is 10.5 Å². The number of hydrogen-bond acceptors (Lipinski definition) is 4. The van der Waals surface area contributed by atoms with E-state index < -0.39 is 0 Å². The van der Waals surface area contributed by atoms with Gasteiger partial charge in [0.25, 0.3) is 5.56 Å². The van der Waals surface area contributed by atoms with Crippen molar-refractivity contribution in [2.75, 3.05) is 13.1 Å². The highest BCUT2D eigenvalue weighted by atomic mass is 32.1. The largest absolute Gasteiger partial charge is 0.329 e. The lowest BCUT2D eigenvalue weighted by atomic mass is 10.1. The summed E-state index contributed by atoms with van der Waals surface area (Å²) < 4.78 is 0. The highest BCUT2D eigenvalue weighted by Gasteiger charge is 2.18. The van der Waals surface area contributed by atoms with Gasteiger partial charge < -0.3 is 9.88 Å². The van der Waals surface area contributed by atoms with Gasteiger partial charge in [0.15, 0.2) is 5.82 Å². The zero-order chi connectivity index (χ0) is 14.9. The van der Waals surface area contributed by atoms with E-state index in [0.29, 0.717) is 0 Å². The van der Waals surface area contributed by atoms with Crippen molar-refractivity contribution in [3.05, 3.63) is 39.1 Å². The van der Waals surface area contributed by atoms with Crippen molar-refractivity contribution in [1.29, 1.82) is 0 Å². The Balaban J connectivity index is 1.70. The lowest BCUT2D eigenvalue weighted by molar-refractivity contribution is -0.919. The molecule has 0 saturated carbocycles. The second-order valence-corrected chi connectivity index (χ2v) is 7.61. The molecule has 0 spiro atoms. The fourth-order valence-electron chi connectivity index (χ4n) is 3.16. The van der Waals surface area contributed by atoms with Gasteiger partial charge in [-0.2, -0.15) is 0 Å². The second-order valence-electron chi connectivity index (χ2n) is 5.81. The zero-order valence-electron chi connectivity index (χ0n) is 12.2. The summed E-state index contributed by atoms with van der Waals surface area (Å²) in [5, 5.41) is 4.83. The SMILES string of the molecule is O=c1[nH]c(C[NH+]2CCCCC2)nc2scc(-c3cccs3)c12. The highest BCUT2D eigenvalue weighted by molar-refractivity contribution is 7.18. The number of nitrogens with one attached hydrogen (secondary N) is 2. The van der Waals surface area contributed by atoms with Gasteiger partial charge in [-0.3, -0.25) is 4.79 Å². The molecule has 22 heavy (non-hydrogen) atoms. The molecule has 0 radical (unpaired) electrons. The summed E-state index contributed by atoms with van der Waals surface area (Å²) in [7, 11) is 0. The van der Waals surface area contributed by atoms with E-state index in [-0.39, 0.29) is 5.56 Å². The number of likely N-dealkylation sites (tertiary alicyclic amines) is 1. The summed E-state index contributed by atoms with van der Waals surface area (Å²) in [6.07, 6.45) is 3.90. The minimum absolute atomic E-state index is 0.000981. The fraction of sp³-hybridized carbons (Fsp3) is 0.375. The third kappa shape index (κ3) is 2.62. The topological polar surface area (TPSA) is 50.2 Å². The summed E-state index contributed by atoms with van der Waals surface area (Å²) in [5.41, 5.74) is 1.02. The van der Waals surface area contributed by atoms with Crippen LogP contribution in [0.5, 0.6) is 0 Å². The molecule has 1 aliphatic heterocycles. The Hall–Kier alpha value is -1.50. The van der Waals surface area contributed by atoms with Gasteiger partial charge in [0, 0.05) is 15.8 Å². The summed E-state index contributed by atoms with van der Waals surface area (Å²) in [5.74, 6) is 0.828. The van der Waals surface area contributed by atoms with E-state index >= 15 is 0 Å². The number of thiophene rings is 2. The van der Waals surface area contributed by atoms with Crippen LogP contribution in [0.1, 0.15) is 25.1 Å². The van der Waals surface area contributed by atoms with E-state index in [4.69, 9.17) is 4.98 Å². The van der Waals surface area contributed by atoms with Crippen molar-refractivity contribution < 1.29 is 4.90 Å². The molecule has 114 valence electrons. The molecule has 0 atom stereocenters. The Kier molecular flexibility index (Phi) is 3.82. The van der Waals surface area contributed by atoms with Crippen LogP contribution in [0.25, 0.3) is 20.7 Å². The minimum atomic E-state index is 0.000981. The molecule has 3 aromatic rings. The maximum absolute atomic E-state index is 12.5. The van der Waals surface area contributed by atoms with Crippen LogP contribution in [0.3, 0.4) is 0 Å². The molecule has 1 saturated heterocycles. The van der Waals surface area contributed by atoms with Crippen LogP contribution in [-0.4, -0.2) is 23.1 Å². The standard InChI is InChI=1S/C16H17N3OS2/c20-15-14-11(12-5-4-8-21-12)10-22-16(14)18-13(17-15)9-19-6-2-1-3-7-19/h4-5,8,10H,1-3,6-7,9H2,(H,17,18,20)/p+1. The molecule has 0 aromatic carbocycles. The van der Waals surface area contributed by atoms with Crippen molar-refractivity contribution in [2.45, 2.75) is 25.8 Å². The van der Waals surface area contributed by atoms with Crippen LogP contribution in [-0.2, 0) is 6.54 Å². The fourth-order valence-corrected chi connectivity index (χ4v) is 4.94. The third-order valence-corrected chi connectivity index (χ3v) is 6.03. The smallest absolute Gasteiger partial charge is 0.260 e. The molecule has 1 aliphatic rings. The van der Waals surface area contributed by atoms with Gasteiger partial charge in [0.1, 0.15) is 11.4 Å². The third-order valence-electron chi connectivity index (χ3n) is 4.26. The van der Waals surface area contributed by atoms with Gasteiger partial charge in [-0.05, 0) is 30.7 Å². The molecule has 1 fully saturated rings. The maximum atomic E-state index is 12.5. The molecule has 6 heteroatoms. The van der Waals surface area contributed by atoms with Crippen LogP contribution in [0.2, 0.25) is 0 Å². The van der Waals surface area contributed by atoms with E-state index in [1.807, 2.05) is 11.4 Å². The average Bonchev–Trinajstić information content (AvgIpc) is 3.16. The Labute approximate surface area is 136 Å². The number of quaternary nitrogens is 1. The molecule has 0 amide bonds. The summed E-state index contributed by atoms with van der Waals surface area (Å²) in [6.45, 7) is 3.21. The molecule has 4 rings (SSSR count). The molecule has 2 N–H and O–H groups in total. The number of aromatic nitrogens is 2. The van der Waals surface area contributed by atoms with Crippen molar-refractivity contribution in [3.8, 4) is 10.4 Å². The molecular formula is C16H18N3OS2+. The summed E-state index contributed by atoms with van der Waals surface area (Å²) in [6, 6.07) is 4.07. The van der Waals surface area contributed by atoms with Gasteiger partial charge in [-0.25, -0.2) is 4.98 Å². The van der Waals surface area contributed by atoms with Crippen LogP contribution in [0.15, 0.2) is 27.7 Å². The van der Waals surface area contributed by atoms with E-state index in [1.54, 1.807) is 22.7 Å². The van der Waals surface area contributed by atoms with Gasteiger partial charge in [0.05, 0.1) is 18.5 Å². The van der Waals surface area contributed by atoms with Gasteiger partial charge in [-0.15, -0.1) is 22.7 Å². The number of nitrogens with zero attached hydrogens (tertiary/aromatic N) is 1. The first-order valence-corrected chi connectivity index (χ1v) is 9.45. The van der Waals surface area contributed by atoms with E-state index in [9.17, 15) is 4.79 Å². The maximum Gasteiger partial charge on any atom is 0.260 e. The number of rotatable bonds is 3. The van der Waals surface area contributed by atoms with Gasteiger partial charge in [-0.1, -0.05) is 6.07 Å². The first-order valence-electron chi connectivity index (χ1n) is 7.69. The minimum Gasteiger partial charge on any atom is -0.329 e. The first-order chi connectivity index (χ1) is 10.8. The Morgan fingerprint density at radius 2 is 2.09 bits per heavy atom. The summed E-state index contributed by atoms with van der Waals surface area (Å²) in [4.78, 5) is 23.8. The summed E-state index contributed by atoms with van der Waals surface area (Å²) >= 11 is 3.23. The molecular weight excluding hydrogens is 314 g/mol. The molecule has 3 aromatic heterocycles. The number of hydrogen-bond donors (Lipinski definition) is 2. The number of H-pyrrole nitrogens is 1. The quantitative estimate of drug-likeness (QED) is 0.773. The Morgan fingerprint density at radius 1 is 1.23 bits per heavy atom. The van der Waals surface area contributed by atoms with Crippen LogP contribution in [0.4, 0.5) is 0 Å². The van der Waals surface area contributed by atoms with Crippen molar-refractivity contribution in [3.63, 3.8) is 0 Å². The normalized spacial score (nSPS) is 16.4. The van der Waals surface area contributed by atoms with Crippen molar-refractivity contribution in [1.82, 2.24) is 9.97 Å². The molecule has 4 nitrogen and oxygen atoms in total. The van der Waals surface area contributed by atoms with Crippen LogP contribution >= 0.6 is 22.7 Å². The molecule has 0 unspecified atom stereocenters. The average molecular weight is 332 g/mol. The van der Waals surface area contributed by atoms with E-state index in [2.05, 4.69) is 16.4 Å². The van der Waals surface area contributed by atoms with E-state index in [1.165, 1.54) is 37.3 Å². The van der Waals surface area contributed by atoms with Crippen molar-refractivity contribution in [2.24, 2.45) is 0 Å².